The molecule has 0 aromatic rings. The Morgan fingerprint density at radius 1 is 1.54 bits per heavy atom. The molecule has 0 saturated carbocycles. The van der Waals surface area contributed by atoms with Gasteiger partial charge in [-0.2, -0.15) is 0 Å². The van der Waals surface area contributed by atoms with Crippen LogP contribution in [-0.2, 0) is 4.79 Å². The minimum Gasteiger partial charge on any atom is -0.481 e. The summed E-state index contributed by atoms with van der Waals surface area (Å²) in [6.45, 7) is 3.86. The Labute approximate surface area is 79.9 Å². The van der Waals surface area contributed by atoms with Gasteiger partial charge in [0.15, 0.2) is 0 Å². The summed E-state index contributed by atoms with van der Waals surface area (Å²) in [4.78, 5) is 12.3. The second-order valence-electron chi connectivity index (χ2n) is 3.61. The van der Waals surface area contributed by atoms with Gasteiger partial charge in [0.1, 0.15) is 0 Å². The molecule has 1 unspecified atom stereocenters. The van der Waals surface area contributed by atoms with E-state index in [-0.39, 0.29) is 6.42 Å². The van der Waals surface area contributed by atoms with Gasteiger partial charge in [-0.1, -0.05) is 0 Å². The van der Waals surface area contributed by atoms with Crippen LogP contribution in [0.25, 0.3) is 0 Å². The fourth-order valence-corrected chi connectivity index (χ4v) is 1.20. The van der Waals surface area contributed by atoms with E-state index < -0.39 is 5.97 Å². The van der Waals surface area contributed by atoms with Crippen LogP contribution in [0.15, 0.2) is 0 Å². The van der Waals surface area contributed by atoms with Crippen LogP contribution in [0.2, 0.25) is 0 Å². The summed E-state index contributed by atoms with van der Waals surface area (Å²) in [7, 11) is 4.05. The van der Waals surface area contributed by atoms with E-state index in [1.54, 1.807) is 0 Å². The molecule has 0 aliphatic heterocycles. The summed E-state index contributed by atoms with van der Waals surface area (Å²) in [6, 6.07) is 0.420. The van der Waals surface area contributed by atoms with Crippen molar-refractivity contribution in [2.45, 2.75) is 25.8 Å². The lowest BCUT2D eigenvalue weighted by molar-refractivity contribution is -0.137. The normalized spacial score (nSPS) is 13.2. The highest BCUT2D eigenvalue weighted by Gasteiger charge is 2.02. The maximum absolute atomic E-state index is 10.2. The maximum atomic E-state index is 10.2. The molecule has 78 valence electrons. The molecule has 4 heteroatoms. The number of carbonyl (C=O) groups is 1. The lowest BCUT2D eigenvalue weighted by Gasteiger charge is -2.17. The van der Waals surface area contributed by atoms with Crippen LogP contribution >= 0.6 is 0 Å². The van der Waals surface area contributed by atoms with Crippen molar-refractivity contribution in [3.63, 3.8) is 0 Å². The van der Waals surface area contributed by atoms with Crippen molar-refractivity contribution in [1.29, 1.82) is 0 Å². The van der Waals surface area contributed by atoms with E-state index in [0.717, 1.165) is 13.1 Å². The van der Waals surface area contributed by atoms with E-state index >= 15 is 0 Å². The van der Waals surface area contributed by atoms with Crippen molar-refractivity contribution in [2.75, 3.05) is 27.2 Å². The molecule has 0 aromatic heterocycles. The second kappa shape index (κ2) is 6.86. The van der Waals surface area contributed by atoms with Crippen LogP contribution in [-0.4, -0.2) is 49.2 Å². The van der Waals surface area contributed by atoms with E-state index in [9.17, 15) is 4.79 Å². The van der Waals surface area contributed by atoms with Gasteiger partial charge in [-0.05, 0) is 34.0 Å². The summed E-state index contributed by atoms with van der Waals surface area (Å²) in [5.74, 6) is -0.720. The lowest BCUT2D eigenvalue weighted by atomic mass is 10.2. The van der Waals surface area contributed by atoms with Gasteiger partial charge >= 0.3 is 5.97 Å². The molecular weight excluding hydrogens is 168 g/mol. The summed E-state index contributed by atoms with van der Waals surface area (Å²) < 4.78 is 0. The molecule has 0 bridgehead atoms. The van der Waals surface area contributed by atoms with Crippen molar-refractivity contribution >= 4 is 5.97 Å². The molecule has 0 rings (SSSR count). The van der Waals surface area contributed by atoms with Gasteiger partial charge in [-0.3, -0.25) is 4.79 Å². The zero-order valence-corrected chi connectivity index (χ0v) is 8.71. The quantitative estimate of drug-likeness (QED) is 0.567. The first-order valence-electron chi connectivity index (χ1n) is 4.62. The highest BCUT2D eigenvalue weighted by Crippen LogP contribution is 1.89. The zero-order chi connectivity index (χ0) is 10.3. The number of likely N-dealkylation sites (N-methyl/N-ethyl adjacent to an activating group) is 1. The topological polar surface area (TPSA) is 52.6 Å². The number of nitrogens with zero attached hydrogens (tertiary/aromatic N) is 1. The van der Waals surface area contributed by atoms with Crippen LogP contribution in [0, 0.1) is 0 Å². The van der Waals surface area contributed by atoms with Gasteiger partial charge in [0.25, 0.3) is 0 Å². The third kappa shape index (κ3) is 9.30. The number of nitrogens with one attached hydrogen (secondary N) is 1. The highest BCUT2D eigenvalue weighted by atomic mass is 16.4. The Hall–Kier alpha value is -0.610. The van der Waals surface area contributed by atoms with E-state index in [2.05, 4.69) is 17.1 Å². The molecular formula is C9H20N2O2. The monoisotopic (exact) mass is 188 g/mol. The van der Waals surface area contributed by atoms with Crippen molar-refractivity contribution in [3.05, 3.63) is 0 Å². The van der Waals surface area contributed by atoms with Gasteiger partial charge in [0.2, 0.25) is 0 Å². The molecule has 4 nitrogen and oxygen atoms in total. The van der Waals surface area contributed by atoms with Gasteiger partial charge in [0, 0.05) is 19.0 Å². The third-order valence-electron chi connectivity index (χ3n) is 1.70. The Kier molecular flexibility index (Phi) is 6.54. The maximum Gasteiger partial charge on any atom is 0.303 e. The number of carboxylic acid groups (broad SMARTS) is 1. The number of rotatable bonds is 7. The smallest absolute Gasteiger partial charge is 0.303 e. The Morgan fingerprint density at radius 3 is 2.62 bits per heavy atom. The van der Waals surface area contributed by atoms with E-state index in [1.165, 1.54) is 0 Å². The molecule has 0 heterocycles. The van der Waals surface area contributed by atoms with E-state index in [4.69, 9.17) is 5.11 Å². The predicted molar refractivity (Wildman–Crippen MR) is 52.9 cm³/mol. The Bertz CT molecular complexity index is 149. The first-order valence-corrected chi connectivity index (χ1v) is 4.62. The first-order chi connectivity index (χ1) is 6.02. The standard InChI is InChI=1S/C9H20N2O2/c1-8(7-11(2)3)10-6-4-5-9(12)13/h8,10H,4-7H2,1-3H3,(H,12,13). The average molecular weight is 188 g/mol. The summed E-state index contributed by atoms with van der Waals surface area (Å²) >= 11 is 0. The van der Waals surface area contributed by atoms with Crippen molar-refractivity contribution < 1.29 is 9.90 Å². The molecule has 0 spiro atoms. The van der Waals surface area contributed by atoms with Gasteiger partial charge in [0.05, 0.1) is 0 Å². The predicted octanol–water partition coefficient (Wildman–Crippen LogP) is 0.391. The van der Waals surface area contributed by atoms with Gasteiger partial charge in [-0.15, -0.1) is 0 Å². The molecule has 0 radical (unpaired) electrons. The fourth-order valence-electron chi connectivity index (χ4n) is 1.20. The molecule has 0 aromatic carbocycles. The van der Waals surface area contributed by atoms with Gasteiger partial charge < -0.3 is 15.3 Å². The summed E-state index contributed by atoms with van der Waals surface area (Å²) in [5, 5.41) is 11.7. The van der Waals surface area contributed by atoms with Crippen LogP contribution in [0.5, 0.6) is 0 Å². The highest BCUT2D eigenvalue weighted by molar-refractivity contribution is 5.66. The number of hydrogen-bond donors (Lipinski definition) is 2. The van der Waals surface area contributed by atoms with E-state index in [1.807, 2.05) is 14.1 Å². The SMILES string of the molecule is CC(CN(C)C)NCCCC(=O)O. The molecule has 0 amide bonds. The number of carboxylic acids is 1. The zero-order valence-electron chi connectivity index (χ0n) is 8.71. The van der Waals surface area contributed by atoms with Crippen LogP contribution in [0.4, 0.5) is 0 Å². The van der Waals surface area contributed by atoms with Crippen molar-refractivity contribution in [1.82, 2.24) is 10.2 Å². The Balaban J connectivity index is 3.26. The Morgan fingerprint density at radius 2 is 2.15 bits per heavy atom. The lowest BCUT2D eigenvalue weighted by Crippen LogP contribution is -2.36. The average Bonchev–Trinajstić information content (AvgIpc) is 1.96. The van der Waals surface area contributed by atoms with Crippen molar-refractivity contribution in [2.24, 2.45) is 0 Å². The number of hydrogen-bond acceptors (Lipinski definition) is 3. The van der Waals surface area contributed by atoms with Crippen LogP contribution < -0.4 is 5.32 Å². The summed E-state index contributed by atoms with van der Waals surface area (Å²) in [6.07, 6.45) is 0.953. The second-order valence-corrected chi connectivity index (χ2v) is 3.61. The summed E-state index contributed by atoms with van der Waals surface area (Å²) in [5.41, 5.74) is 0. The van der Waals surface area contributed by atoms with Crippen molar-refractivity contribution in [3.8, 4) is 0 Å². The van der Waals surface area contributed by atoms with Crippen LogP contribution in [0.3, 0.4) is 0 Å². The molecule has 0 saturated heterocycles. The first kappa shape index (κ1) is 12.4. The molecule has 2 N–H and O–H groups in total. The molecule has 13 heavy (non-hydrogen) atoms. The van der Waals surface area contributed by atoms with Gasteiger partial charge in [-0.25, -0.2) is 0 Å². The minimum atomic E-state index is -0.720. The molecule has 0 fully saturated rings. The molecule has 1 atom stereocenters. The van der Waals surface area contributed by atoms with E-state index in [0.29, 0.717) is 12.5 Å². The largest absolute Gasteiger partial charge is 0.481 e. The third-order valence-corrected chi connectivity index (χ3v) is 1.70. The van der Waals surface area contributed by atoms with Crippen LogP contribution in [0.1, 0.15) is 19.8 Å². The minimum absolute atomic E-state index is 0.252. The molecule has 0 aliphatic rings. The fraction of sp³-hybridized carbons (Fsp3) is 0.889. The number of aliphatic carboxylic acids is 1. The molecule has 0 aliphatic carbocycles.